The van der Waals surface area contributed by atoms with E-state index in [2.05, 4.69) is 95.6 Å². The summed E-state index contributed by atoms with van der Waals surface area (Å²) in [5.74, 6) is 0.776. The number of nitrogens with zero attached hydrogens (tertiary/aromatic N) is 3. The fourth-order valence-corrected chi connectivity index (χ4v) is 7.12. The van der Waals surface area contributed by atoms with Crippen molar-refractivity contribution in [2.24, 2.45) is 0 Å². The fraction of sp³-hybridized carbons (Fsp3) is 0.0213. The first kappa shape index (κ1) is 31.0. The third-order valence-corrected chi connectivity index (χ3v) is 9.62. The summed E-state index contributed by atoms with van der Waals surface area (Å²) in [7, 11) is 1.64. The number of phenolic OH excluding ortho intramolecular Hbond substituents is 1. The molecule has 9 rings (SSSR count). The van der Waals surface area contributed by atoms with Gasteiger partial charge in [-0.25, -0.2) is 9.97 Å². The first-order valence-corrected chi connectivity index (χ1v) is 17.2. The molecule has 0 aliphatic heterocycles. The number of phenols is 1. The number of hydrogen-bond donors (Lipinski definition) is 1. The van der Waals surface area contributed by atoms with Gasteiger partial charge < -0.3 is 9.84 Å². The molecular weight excluding hydrogens is 639 g/mol. The highest BCUT2D eigenvalue weighted by Gasteiger charge is 2.19. The highest BCUT2D eigenvalue weighted by Crippen LogP contribution is 2.43. The molecule has 1 N–H and O–H groups in total. The molecule has 0 atom stereocenters. The van der Waals surface area contributed by atoms with E-state index in [1.54, 1.807) is 7.11 Å². The van der Waals surface area contributed by atoms with Crippen LogP contribution in [0.25, 0.3) is 83.5 Å². The van der Waals surface area contributed by atoms with E-state index in [-0.39, 0.29) is 5.75 Å². The molecule has 3 heterocycles. The lowest BCUT2D eigenvalue weighted by Crippen LogP contribution is -1.98. The van der Waals surface area contributed by atoms with Gasteiger partial charge in [0, 0.05) is 39.3 Å². The number of para-hydroxylation sites is 1. The van der Waals surface area contributed by atoms with Gasteiger partial charge in [-0.05, 0) is 88.5 Å². The van der Waals surface area contributed by atoms with Gasteiger partial charge in [-0.1, -0.05) is 109 Å². The van der Waals surface area contributed by atoms with Gasteiger partial charge in [-0.2, -0.15) is 0 Å². The Balaban J connectivity index is 1.32. The summed E-state index contributed by atoms with van der Waals surface area (Å²) in [6, 6.07) is 57.6. The van der Waals surface area contributed by atoms with Crippen LogP contribution in [0.5, 0.6) is 11.5 Å². The second-order valence-electron chi connectivity index (χ2n) is 12.8. The van der Waals surface area contributed by atoms with E-state index < -0.39 is 0 Å². The van der Waals surface area contributed by atoms with Crippen LogP contribution < -0.4 is 4.74 Å². The summed E-state index contributed by atoms with van der Waals surface area (Å²) in [4.78, 5) is 10.2. The van der Waals surface area contributed by atoms with Crippen molar-refractivity contribution in [3.8, 4) is 73.1 Å². The monoisotopic (exact) mass is 671 g/mol. The van der Waals surface area contributed by atoms with Crippen LogP contribution in [0.15, 0.2) is 176 Å². The quantitative estimate of drug-likeness (QED) is 0.183. The molecule has 0 bridgehead atoms. The van der Waals surface area contributed by atoms with Gasteiger partial charge in [0.2, 0.25) is 0 Å². The molecule has 0 radical (unpaired) electrons. The van der Waals surface area contributed by atoms with Gasteiger partial charge in [-0.15, -0.1) is 0 Å². The van der Waals surface area contributed by atoms with Crippen molar-refractivity contribution in [1.29, 1.82) is 0 Å². The zero-order valence-electron chi connectivity index (χ0n) is 28.4. The summed E-state index contributed by atoms with van der Waals surface area (Å²) in [5, 5.41) is 14.1. The highest BCUT2D eigenvalue weighted by atomic mass is 16.5. The van der Waals surface area contributed by atoms with Crippen LogP contribution >= 0.6 is 0 Å². The van der Waals surface area contributed by atoms with Crippen LogP contribution in [0, 0.1) is 0 Å². The normalized spacial score (nSPS) is 11.2. The smallest absolute Gasteiger partial charge is 0.145 e. The third-order valence-electron chi connectivity index (χ3n) is 9.62. The average Bonchev–Trinajstić information content (AvgIpc) is 3.56. The molecule has 0 aliphatic rings. The van der Waals surface area contributed by atoms with Gasteiger partial charge >= 0.3 is 0 Å². The Hall–Kier alpha value is -6.98. The Kier molecular flexibility index (Phi) is 7.79. The average molecular weight is 672 g/mol. The molecule has 5 heteroatoms. The minimum Gasteiger partial charge on any atom is -0.507 e. The molecule has 6 aromatic carbocycles. The van der Waals surface area contributed by atoms with Crippen molar-refractivity contribution in [2.75, 3.05) is 7.11 Å². The Morgan fingerprint density at radius 1 is 0.500 bits per heavy atom. The number of rotatable bonds is 7. The van der Waals surface area contributed by atoms with E-state index in [1.165, 1.54) is 0 Å². The highest BCUT2D eigenvalue weighted by molar-refractivity contribution is 6.08. The van der Waals surface area contributed by atoms with Crippen molar-refractivity contribution in [3.63, 3.8) is 0 Å². The standard InChI is InChI=1S/C47H33N3O2/c1-52-38-29-41(33-18-9-4-10-19-33)46(51)42(30-38)44-28-35(32-16-7-3-8-17-32)27-43(49-44)36-24-34(31-14-5-2-6-15-31)25-37(26-36)50-45-22-12-11-20-39(45)40-21-13-23-48-47(40)50/h2-30,51H,1H3. The van der Waals surface area contributed by atoms with Crippen molar-refractivity contribution >= 4 is 21.9 Å². The predicted molar refractivity (Wildman–Crippen MR) is 212 cm³/mol. The number of pyridine rings is 2. The molecule has 0 saturated carbocycles. The molecule has 0 aliphatic carbocycles. The Morgan fingerprint density at radius 3 is 1.79 bits per heavy atom. The van der Waals surface area contributed by atoms with E-state index in [0.717, 1.165) is 66.7 Å². The third kappa shape index (κ3) is 5.55. The van der Waals surface area contributed by atoms with Crippen LogP contribution in [0.3, 0.4) is 0 Å². The Morgan fingerprint density at radius 2 is 1.08 bits per heavy atom. The summed E-state index contributed by atoms with van der Waals surface area (Å²) in [6.45, 7) is 0. The second-order valence-corrected chi connectivity index (χ2v) is 12.8. The van der Waals surface area contributed by atoms with Crippen LogP contribution in [-0.2, 0) is 0 Å². The molecule has 3 aromatic heterocycles. The van der Waals surface area contributed by atoms with Crippen molar-refractivity contribution < 1.29 is 9.84 Å². The molecule has 0 amide bonds. The fourth-order valence-electron chi connectivity index (χ4n) is 7.12. The minimum atomic E-state index is 0.144. The summed E-state index contributed by atoms with van der Waals surface area (Å²) in [5.41, 5.74) is 11.6. The molecule has 248 valence electrons. The van der Waals surface area contributed by atoms with Crippen LogP contribution in [0.1, 0.15) is 0 Å². The van der Waals surface area contributed by atoms with Gasteiger partial charge in [0.15, 0.2) is 0 Å². The molecule has 5 nitrogen and oxygen atoms in total. The number of benzene rings is 6. The number of fused-ring (bicyclic) bond motifs is 3. The lowest BCUT2D eigenvalue weighted by atomic mass is 9.95. The first-order chi connectivity index (χ1) is 25.6. The van der Waals surface area contributed by atoms with Gasteiger partial charge in [0.05, 0.1) is 24.0 Å². The van der Waals surface area contributed by atoms with Gasteiger partial charge in [-0.3, -0.25) is 4.57 Å². The zero-order chi connectivity index (χ0) is 35.0. The van der Waals surface area contributed by atoms with E-state index >= 15 is 0 Å². The van der Waals surface area contributed by atoms with Crippen LogP contribution in [0.4, 0.5) is 0 Å². The molecule has 0 unspecified atom stereocenters. The second kappa shape index (κ2) is 13.0. The molecule has 9 aromatic rings. The first-order valence-electron chi connectivity index (χ1n) is 17.2. The SMILES string of the molecule is COc1cc(-c2ccccc2)c(O)c(-c2cc(-c3ccccc3)cc(-c3cc(-c4ccccc4)cc(-n4c5ccccc5c5cccnc54)c3)n2)c1. The minimum absolute atomic E-state index is 0.144. The molecule has 0 fully saturated rings. The maximum Gasteiger partial charge on any atom is 0.145 e. The van der Waals surface area contributed by atoms with Crippen LogP contribution in [-0.4, -0.2) is 26.8 Å². The number of hydrogen-bond acceptors (Lipinski definition) is 4. The molecular formula is C47H33N3O2. The molecule has 0 spiro atoms. The maximum atomic E-state index is 11.9. The van der Waals surface area contributed by atoms with Gasteiger partial charge in [0.25, 0.3) is 0 Å². The predicted octanol–water partition coefficient (Wildman–Crippen LogP) is 11.6. The summed E-state index contributed by atoms with van der Waals surface area (Å²) >= 11 is 0. The van der Waals surface area contributed by atoms with E-state index in [0.29, 0.717) is 22.6 Å². The van der Waals surface area contributed by atoms with Crippen LogP contribution in [0.2, 0.25) is 0 Å². The van der Waals surface area contributed by atoms with Crippen molar-refractivity contribution in [2.45, 2.75) is 0 Å². The van der Waals surface area contributed by atoms with E-state index in [4.69, 9.17) is 14.7 Å². The topological polar surface area (TPSA) is 60.2 Å². The molecule has 0 saturated heterocycles. The van der Waals surface area contributed by atoms with E-state index in [1.807, 2.05) is 85.1 Å². The Bertz CT molecular complexity index is 2670. The van der Waals surface area contributed by atoms with Gasteiger partial charge in [0.1, 0.15) is 17.1 Å². The van der Waals surface area contributed by atoms with Crippen molar-refractivity contribution in [1.82, 2.24) is 14.5 Å². The largest absolute Gasteiger partial charge is 0.507 e. The number of aromatic hydroxyl groups is 1. The maximum absolute atomic E-state index is 11.9. The Labute approximate surface area is 301 Å². The van der Waals surface area contributed by atoms with E-state index in [9.17, 15) is 5.11 Å². The lowest BCUT2D eigenvalue weighted by Gasteiger charge is -2.16. The van der Waals surface area contributed by atoms with Crippen molar-refractivity contribution in [3.05, 3.63) is 176 Å². The lowest BCUT2D eigenvalue weighted by molar-refractivity contribution is 0.413. The number of ether oxygens (including phenoxy) is 1. The molecule has 52 heavy (non-hydrogen) atoms. The summed E-state index contributed by atoms with van der Waals surface area (Å²) in [6.07, 6.45) is 1.85. The zero-order valence-corrected chi connectivity index (χ0v) is 28.4. The summed E-state index contributed by atoms with van der Waals surface area (Å²) < 4.78 is 8.01. The number of aromatic nitrogens is 3. The number of methoxy groups -OCH3 is 1.